The van der Waals surface area contributed by atoms with E-state index >= 15 is 0 Å². The van der Waals surface area contributed by atoms with Gasteiger partial charge in [-0.3, -0.25) is 19.2 Å². The van der Waals surface area contributed by atoms with Gasteiger partial charge in [0.05, 0.1) is 62.4 Å². The Bertz CT molecular complexity index is 4400. The van der Waals surface area contributed by atoms with Gasteiger partial charge in [0.1, 0.15) is 37.9 Å². The van der Waals surface area contributed by atoms with E-state index in [1.165, 1.54) is 53.1 Å². The van der Waals surface area contributed by atoms with Crippen molar-refractivity contribution in [2.24, 2.45) is 46.3 Å². The minimum atomic E-state index is -6.15. The van der Waals surface area contributed by atoms with E-state index in [4.69, 9.17) is 41.4 Å². The van der Waals surface area contributed by atoms with E-state index in [1.807, 2.05) is 114 Å². The number of alkyl halides is 4. The number of carbonyl (C=O) groups excluding carboxylic acids is 8. The molecule has 26 nitrogen and oxygen atoms in total. The molecule has 0 aliphatic heterocycles. The summed E-state index contributed by atoms with van der Waals surface area (Å²) in [5.74, 6) is -3.79. The highest BCUT2D eigenvalue weighted by molar-refractivity contribution is 7.97. The summed E-state index contributed by atoms with van der Waals surface area (Å²) in [6, 6.07) is 49.7. The second-order valence-electron chi connectivity index (χ2n) is 30.5. The summed E-state index contributed by atoms with van der Waals surface area (Å²) in [4.78, 5) is 101. The molecule has 8 fully saturated rings. The lowest BCUT2D eigenvalue weighted by molar-refractivity contribution is -0.894. The lowest BCUT2D eigenvalue weighted by Crippen LogP contribution is -3.11. The summed E-state index contributed by atoms with van der Waals surface area (Å²) < 4.78 is 179. The molecule has 14 rings (SSSR count). The monoisotopic (exact) mass is 1830 g/mol. The molecule has 0 saturated heterocycles. The summed E-state index contributed by atoms with van der Waals surface area (Å²) in [5.41, 5.74) is 2.39. The number of hydrogen-bond acceptors (Lipinski definition) is 25. The fourth-order valence-electron chi connectivity index (χ4n) is 16.7. The molecule has 0 radical (unpaired) electrons. The summed E-state index contributed by atoms with van der Waals surface area (Å²) in [6.07, 6.45) is 12.1. The highest BCUT2D eigenvalue weighted by Crippen LogP contribution is 2.62. The Kier molecular flexibility index (Phi) is 41.3. The van der Waals surface area contributed by atoms with Crippen molar-refractivity contribution in [2.45, 2.75) is 193 Å². The number of halogens is 4. The Morgan fingerprint density at radius 1 is 0.411 bits per heavy atom. The highest BCUT2D eigenvalue weighted by Gasteiger charge is 2.57. The molecule has 0 amide bonds. The van der Waals surface area contributed by atoms with E-state index in [9.17, 15) is 81.9 Å². The molecule has 8 aliphatic carbocycles. The molecule has 0 aromatic heterocycles. The minimum Gasteiger partial charge on any atom is -0.748 e. The van der Waals surface area contributed by atoms with Crippen molar-refractivity contribution in [3.63, 3.8) is 0 Å². The van der Waals surface area contributed by atoms with E-state index in [1.54, 1.807) is 4.90 Å². The standard InChI is InChI=1S/2C24H23O4S.2C15H20F2O7S.C6H15N.C2H6.C2H4.CH4O3S/c2*1-17-14-22(15-18(2)24(17)28-23(26)16-27-19(3)25)29(20-10-6-4-7-11-20)21-12-8-5-9-13-21;2*16-15(17,25(20,21)22)13(19)24-2-1-23-12(18)14-6-9-3-10(7-14)5-11(4-9)8-14;1-4-7(5-2)6-3;2*1-2;1-5(2,3)4/h2*4-15H,16H2,1-3H3;2*9-11H,1-8H2,(H,20,21,22);4-6H2,1-3H3;1-2H3;1-2H2;1H3,(H,2,3,4)/q2*+1;;;;;;/p-2. The van der Waals surface area contributed by atoms with Crippen LogP contribution in [0.4, 0.5) is 17.6 Å². The van der Waals surface area contributed by atoms with Gasteiger partial charge in [-0.05, 0) is 232 Å². The summed E-state index contributed by atoms with van der Waals surface area (Å²) in [6.45, 7) is 27.5. The predicted molar refractivity (Wildman–Crippen MR) is 452 cm³/mol. The first-order chi connectivity index (χ1) is 58.3. The van der Waals surface area contributed by atoms with Crippen molar-refractivity contribution >= 4 is 99.9 Å². The number of rotatable bonds is 27. The van der Waals surface area contributed by atoms with Gasteiger partial charge in [0.15, 0.2) is 62.8 Å². The number of esters is 8. The van der Waals surface area contributed by atoms with E-state index in [2.05, 4.69) is 116 Å². The number of hydrogen-bond donors (Lipinski definition) is 1. The zero-order valence-corrected chi connectivity index (χ0v) is 75.9. The molecule has 124 heavy (non-hydrogen) atoms. The molecule has 8 aliphatic rings. The fourth-order valence-corrected chi connectivity index (χ4v) is 21.8. The molecule has 0 heterocycles. The molecule has 35 heteroatoms. The summed E-state index contributed by atoms with van der Waals surface area (Å²) in [5, 5.41) is -10.3. The summed E-state index contributed by atoms with van der Waals surface area (Å²) >= 11 is 0. The molecule has 682 valence electrons. The van der Waals surface area contributed by atoms with Crippen LogP contribution in [0.2, 0.25) is 0 Å². The average molecular weight is 1830 g/mol. The van der Waals surface area contributed by atoms with Gasteiger partial charge in [-0.2, -0.15) is 17.6 Å². The topological polar surface area (TPSA) is 386 Å². The van der Waals surface area contributed by atoms with E-state index < -0.39 is 139 Å². The third-order valence-electron chi connectivity index (χ3n) is 21.1. The third kappa shape index (κ3) is 31.2. The van der Waals surface area contributed by atoms with Crippen LogP contribution in [0.3, 0.4) is 0 Å². The number of aryl methyl sites for hydroxylation is 4. The number of carbonyl (C=O) groups is 8. The average Bonchev–Trinajstić information content (AvgIpc) is 0.746. The number of benzene rings is 6. The lowest BCUT2D eigenvalue weighted by atomic mass is 9.49. The van der Waals surface area contributed by atoms with Crippen molar-refractivity contribution in [3.05, 3.63) is 181 Å². The van der Waals surface area contributed by atoms with Crippen LogP contribution in [-0.4, -0.2) is 163 Å². The summed E-state index contributed by atoms with van der Waals surface area (Å²) in [7, 11) is -16.8. The van der Waals surface area contributed by atoms with Crippen molar-refractivity contribution < 1.29 is 138 Å². The Labute approximate surface area is 730 Å². The number of nitrogens with one attached hydrogen (secondary N) is 1. The second kappa shape index (κ2) is 48.6. The van der Waals surface area contributed by atoms with E-state index in [0.29, 0.717) is 53.3 Å². The molecule has 0 atom stereocenters. The largest absolute Gasteiger partial charge is 0.748 e. The highest BCUT2D eigenvalue weighted by atomic mass is 32.2. The van der Waals surface area contributed by atoms with E-state index in [0.717, 1.165) is 109 Å². The molecule has 1 N–H and O–H groups in total. The van der Waals surface area contributed by atoms with Crippen LogP contribution in [0.25, 0.3) is 0 Å². The van der Waals surface area contributed by atoms with Crippen LogP contribution < -0.4 is 14.4 Å². The third-order valence-corrected chi connectivity index (χ3v) is 27.1. The van der Waals surface area contributed by atoms with Crippen LogP contribution in [0.15, 0.2) is 188 Å². The first-order valence-electron chi connectivity index (χ1n) is 40.5. The molecule has 8 saturated carbocycles. The maximum atomic E-state index is 12.9. The Morgan fingerprint density at radius 2 is 0.629 bits per heavy atom. The van der Waals surface area contributed by atoms with Crippen molar-refractivity contribution in [1.82, 2.24) is 0 Å². The maximum Gasteiger partial charge on any atom is 0.428 e. The van der Waals surface area contributed by atoms with Gasteiger partial charge >= 0.3 is 58.3 Å². The minimum absolute atomic E-state index is 0.276. The van der Waals surface area contributed by atoms with Gasteiger partial charge in [-0.1, -0.05) is 86.6 Å². The predicted octanol–water partition coefficient (Wildman–Crippen LogP) is 13.5. The lowest BCUT2D eigenvalue weighted by Gasteiger charge is -2.55. The van der Waals surface area contributed by atoms with Gasteiger partial charge in [-0.25, -0.2) is 44.4 Å². The molecule has 6 aromatic rings. The normalized spacial score (nSPS) is 19.8. The van der Waals surface area contributed by atoms with Crippen LogP contribution in [0, 0.1) is 74.0 Å². The number of ether oxygens (including phenoxy) is 8. The molecule has 0 spiro atoms. The molecular formula is C89H113F4NO25S5. The molecule has 8 bridgehead atoms. The van der Waals surface area contributed by atoms with Gasteiger partial charge in [0.25, 0.3) is 0 Å². The zero-order chi connectivity index (χ0) is 92.7. The van der Waals surface area contributed by atoms with Gasteiger partial charge < -0.3 is 56.5 Å². The van der Waals surface area contributed by atoms with E-state index in [-0.39, 0.29) is 21.8 Å². The Balaban J connectivity index is 0.000000277. The molecular weight excluding hydrogens is 1720 g/mol. The first-order valence-corrected chi connectivity index (χ1v) is 47.6. The Morgan fingerprint density at radius 3 is 0.823 bits per heavy atom. The molecule has 0 unspecified atom stereocenters. The quantitative estimate of drug-likeness (QED) is 0.00731. The Hall–Kier alpha value is -9.07. The first kappa shape index (κ1) is 105. The van der Waals surface area contributed by atoms with Crippen LogP contribution in [0.1, 0.15) is 148 Å². The smallest absolute Gasteiger partial charge is 0.428 e. The van der Waals surface area contributed by atoms with Crippen LogP contribution in [-0.2, 0) is 119 Å². The SMILES string of the molecule is C=C.CC.CC(=O)OCC(=O)Oc1c(C)cc([S+](c2ccccc2)c2ccccc2)cc1C.CC(=O)OCC(=O)Oc1c(C)cc([S+](c2ccccc2)c2ccccc2)cc1C.CC[NH+](CC)CC.CS(=O)(=O)[O-].O=C(OCCOC(=O)C(F)(F)S(=O)(=O)[O-])C12CC3CC(CC(C3)C1)C2.O=C(OCCOC(=O)C(F)(F)S(=O)(=O)[O-])C12CC3CC(CC(C3)C1)C2. The number of quaternary nitrogens is 1. The van der Waals surface area contributed by atoms with Crippen molar-refractivity contribution in [3.8, 4) is 11.5 Å². The van der Waals surface area contributed by atoms with Crippen molar-refractivity contribution in [2.75, 3.05) is 65.5 Å². The molecule has 6 aromatic carbocycles. The van der Waals surface area contributed by atoms with Crippen molar-refractivity contribution in [1.29, 1.82) is 0 Å². The van der Waals surface area contributed by atoms with Crippen LogP contribution in [0.5, 0.6) is 11.5 Å². The zero-order valence-electron chi connectivity index (χ0n) is 71.8. The second-order valence-corrected chi connectivity index (χ2v) is 38.8. The maximum absolute atomic E-state index is 12.9. The van der Waals surface area contributed by atoms with Crippen LogP contribution >= 0.6 is 0 Å². The van der Waals surface area contributed by atoms with Gasteiger partial charge in [0, 0.05) is 44.4 Å². The van der Waals surface area contributed by atoms with Gasteiger partial charge in [-0.15, -0.1) is 13.2 Å². The fraction of sp³-hybridized carbons (Fsp3) is 0.483. The van der Waals surface area contributed by atoms with Gasteiger partial charge in [0.2, 0.25) is 0 Å².